The molecule has 134 valence electrons. The minimum Gasteiger partial charge on any atom is -0.456 e. The lowest BCUT2D eigenvalue weighted by molar-refractivity contribution is 0.0466. The second-order valence-electron chi connectivity index (χ2n) is 6.98. The molecule has 6 nitrogen and oxygen atoms in total. The number of rotatable bonds is 4. The maximum Gasteiger partial charge on any atom is 0.340 e. The molecule has 3 aromatic rings. The molecular weight excluding hydrogens is 330 g/mol. The summed E-state index contributed by atoms with van der Waals surface area (Å²) in [6.45, 7) is 5.85. The first kappa shape index (κ1) is 16.6. The van der Waals surface area contributed by atoms with Crippen molar-refractivity contribution in [1.29, 1.82) is 0 Å². The van der Waals surface area contributed by atoms with E-state index in [1.54, 1.807) is 12.3 Å². The van der Waals surface area contributed by atoms with Gasteiger partial charge in [-0.15, -0.1) is 0 Å². The van der Waals surface area contributed by atoms with E-state index in [1.165, 1.54) is 10.5 Å². The molecule has 0 bridgehead atoms. The maximum absolute atomic E-state index is 12.5. The van der Waals surface area contributed by atoms with Crippen molar-refractivity contribution in [2.24, 2.45) is 0 Å². The Hall–Kier alpha value is -2.89. The molecule has 0 aliphatic heterocycles. The van der Waals surface area contributed by atoms with Crippen LogP contribution in [-0.2, 0) is 11.3 Å². The van der Waals surface area contributed by atoms with Gasteiger partial charge in [-0.1, -0.05) is 6.07 Å². The number of nitrogens with zero attached hydrogens (tertiary/aromatic N) is 3. The van der Waals surface area contributed by atoms with Crippen molar-refractivity contribution in [3.63, 3.8) is 0 Å². The van der Waals surface area contributed by atoms with Crippen molar-refractivity contribution in [1.82, 2.24) is 14.0 Å². The van der Waals surface area contributed by atoms with Gasteiger partial charge in [0.05, 0.1) is 11.3 Å². The van der Waals surface area contributed by atoms with Gasteiger partial charge in [-0.3, -0.25) is 9.20 Å². The highest BCUT2D eigenvalue weighted by atomic mass is 16.5. The van der Waals surface area contributed by atoms with Gasteiger partial charge in [-0.25, -0.2) is 9.78 Å². The molecule has 1 aliphatic carbocycles. The van der Waals surface area contributed by atoms with Crippen molar-refractivity contribution in [3.8, 4) is 0 Å². The molecule has 0 spiro atoms. The second kappa shape index (κ2) is 6.12. The smallest absolute Gasteiger partial charge is 0.340 e. The summed E-state index contributed by atoms with van der Waals surface area (Å²) in [5, 5.41) is 0. The number of ether oxygens (including phenoxy) is 1. The predicted molar refractivity (Wildman–Crippen MR) is 97.5 cm³/mol. The largest absolute Gasteiger partial charge is 0.456 e. The summed E-state index contributed by atoms with van der Waals surface area (Å²) >= 11 is 0. The Morgan fingerprint density at radius 3 is 2.73 bits per heavy atom. The van der Waals surface area contributed by atoms with Crippen molar-refractivity contribution in [3.05, 3.63) is 69.0 Å². The number of aryl methyl sites for hydroxylation is 2. The number of aromatic nitrogens is 3. The molecule has 4 rings (SSSR count). The molecule has 1 saturated carbocycles. The van der Waals surface area contributed by atoms with E-state index in [0.29, 0.717) is 22.9 Å². The number of hydrogen-bond acceptors (Lipinski definition) is 4. The SMILES string of the molecule is Cc1ccc2nc(COC(=O)c3cc(C)n(C4CC4)c3C)cc(=O)n2c1. The fourth-order valence-electron chi connectivity index (χ4n) is 3.43. The fourth-order valence-corrected chi connectivity index (χ4v) is 3.43. The average Bonchev–Trinajstić information content (AvgIpc) is 3.38. The molecule has 6 heteroatoms. The first-order valence-electron chi connectivity index (χ1n) is 8.78. The number of fused-ring (bicyclic) bond motifs is 1. The summed E-state index contributed by atoms with van der Waals surface area (Å²) in [5.74, 6) is -0.379. The van der Waals surface area contributed by atoms with Crippen molar-refractivity contribution >= 4 is 11.6 Å². The van der Waals surface area contributed by atoms with Crippen LogP contribution >= 0.6 is 0 Å². The predicted octanol–water partition coefficient (Wildman–Crippen LogP) is 3.11. The van der Waals surface area contributed by atoms with E-state index in [4.69, 9.17) is 4.74 Å². The van der Waals surface area contributed by atoms with Gasteiger partial charge in [0.2, 0.25) is 0 Å². The molecule has 0 radical (unpaired) electrons. The zero-order chi connectivity index (χ0) is 18.4. The lowest BCUT2D eigenvalue weighted by atomic mass is 10.2. The van der Waals surface area contributed by atoms with E-state index in [2.05, 4.69) is 9.55 Å². The van der Waals surface area contributed by atoms with Crippen LogP contribution in [0.25, 0.3) is 5.65 Å². The van der Waals surface area contributed by atoms with E-state index in [9.17, 15) is 9.59 Å². The molecule has 1 fully saturated rings. The molecule has 1 aliphatic rings. The molecule has 26 heavy (non-hydrogen) atoms. The van der Waals surface area contributed by atoms with Crippen LogP contribution in [0.5, 0.6) is 0 Å². The van der Waals surface area contributed by atoms with Crippen LogP contribution in [0.3, 0.4) is 0 Å². The standard InChI is InChI=1S/C20H21N3O3/c1-12-4-7-18-21-15(9-19(24)22(18)10-12)11-26-20(25)17-8-13(2)23(14(17)3)16-5-6-16/h4,7-10,16H,5-6,11H2,1-3H3. The van der Waals surface area contributed by atoms with Gasteiger partial charge < -0.3 is 9.30 Å². The Morgan fingerprint density at radius 1 is 1.23 bits per heavy atom. The van der Waals surface area contributed by atoms with E-state index < -0.39 is 0 Å². The highest BCUT2D eigenvalue weighted by molar-refractivity contribution is 5.91. The highest BCUT2D eigenvalue weighted by Gasteiger charge is 2.28. The number of pyridine rings is 1. The van der Waals surface area contributed by atoms with Crippen LogP contribution in [0.15, 0.2) is 35.3 Å². The topological polar surface area (TPSA) is 65.6 Å². The van der Waals surface area contributed by atoms with Gasteiger partial charge >= 0.3 is 5.97 Å². The molecule has 3 heterocycles. The number of hydrogen-bond donors (Lipinski definition) is 0. The summed E-state index contributed by atoms with van der Waals surface area (Å²) in [6.07, 6.45) is 4.07. The van der Waals surface area contributed by atoms with Crippen LogP contribution < -0.4 is 5.56 Å². The summed E-state index contributed by atoms with van der Waals surface area (Å²) in [7, 11) is 0. The minimum absolute atomic E-state index is 0.0223. The lowest BCUT2D eigenvalue weighted by Gasteiger charge is -2.08. The van der Waals surface area contributed by atoms with E-state index in [-0.39, 0.29) is 18.1 Å². The normalized spacial score (nSPS) is 14.0. The third-order valence-electron chi connectivity index (χ3n) is 4.83. The zero-order valence-corrected chi connectivity index (χ0v) is 15.2. The maximum atomic E-state index is 12.5. The Morgan fingerprint density at radius 2 is 2.00 bits per heavy atom. The van der Waals surface area contributed by atoms with Gasteiger partial charge in [0.25, 0.3) is 5.56 Å². The minimum atomic E-state index is -0.379. The van der Waals surface area contributed by atoms with Gasteiger partial charge in [-0.2, -0.15) is 0 Å². The van der Waals surface area contributed by atoms with Gasteiger partial charge in [-0.05, 0) is 51.3 Å². The second-order valence-corrected chi connectivity index (χ2v) is 6.98. The molecule has 0 aromatic carbocycles. The Bertz CT molecular complexity index is 1070. The Balaban J connectivity index is 1.55. The summed E-state index contributed by atoms with van der Waals surface area (Å²) < 4.78 is 9.13. The quantitative estimate of drug-likeness (QED) is 0.678. The van der Waals surface area contributed by atoms with Crippen LogP contribution in [0.4, 0.5) is 0 Å². The molecule has 3 aromatic heterocycles. The summed E-state index contributed by atoms with van der Waals surface area (Å²) in [5.41, 5.74) is 4.39. The molecule has 0 saturated heterocycles. The third-order valence-corrected chi connectivity index (χ3v) is 4.83. The van der Waals surface area contributed by atoms with Crippen LogP contribution in [0.2, 0.25) is 0 Å². The summed E-state index contributed by atoms with van der Waals surface area (Å²) in [6, 6.07) is 7.48. The van der Waals surface area contributed by atoms with Crippen LogP contribution in [-0.4, -0.2) is 19.9 Å². The van der Waals surface area contributed by atoms with Crippen LogP contribution in [0, 0.1) is 20.8 Å². The zero-order valence-electron chi connectivity index (χ0n) is 15.2. The summed E-state index contributed by atoms with van der Waals surface area (Å²) in [4.78, 5) is 29.1. The molecule has 0 N–H and O–H groups in total. The first-order chi connectivity index (χ1) is 12.4. The van der Waals surface area contributed by atoms with Crippen LogP contribution in [0.1, 0.15) is 51.9 Å². The number of esters is 1. The fraction of sp³-hybridized carbons (Fsp3) is 0.350. The van der Waals surface area contributed by atoms with E-state index in [0.717, 1.165) is 29.8 Å². The Kier molecular flexibility index (Phi) is 3.90. The molecule has 0 unspecified atom stereocenters. The van der Waals surface area contributed by atoms with E-state index >= 15 is 0 Å². The van der Waals surface area contributed by atoms with Gasteiger partial charge in [0, 0.05) is 29.7 Å². The van der Waals surface area contributed by atoms with Gasteiger partial charge in [0.15, 0.2) is 0 Å². The molecule has 0 amide bonds. The first-order valence-corrected chi connectivity index (χ1v) is 8.78. The highest BCUT2D eigenvalue weighted by Crippen LogP contribution is 2.38. The third kappa shape index (κ3) is 2.92. The van der Waals surface area contributed by atoms with Gasteiger partial charge in [0.1, 0.15) is 12.3 Å². The van der Waals surface area contributed by atoms with Crippen molar-refractivity contribution < 1.29 is 9.53 Å². The van der Waals surface area contributed by atoms with Crippen molar-refractivity contribution in [2.75, 3.05) is 0 Å². The average molecular weight is 351 g/mol. The lowest BCUT2D eigenvalue weighted by Crippen LogP contribution is -2.17. The molecular formula is C20H21N3O3. The van der Waals surface area contributed by atoms with Crippen molar-refractivity contribution in [2.45, 2.75) is 46.3 Å². The Labute approximate surface area is 151 Å². The number of carbonyl (C=O) groups excluding carboxylic acids is 1. The number of carbonyl (C=O) groups is 1. The molecule has 0 atom stereocenters. The monoisotopic (exact) mass is 351 g/mol. The van der Waals surface area contributed by atoms with E-state index in [1.807, 2.05) is 32.9 Å².